The van der Waals surface area contributed by atoms with Gasteiger partial charge in [-0.2, -0.15) is 0 Å². The molecule has 5 nitrogen and oxygen atoms in total. The van der Waals surface area contributed by atoms with Crippen LogP contribution in [0.4, 0.5) is 0 Å². The third-order valence-corrected chi connectivity index (χ3v) is 3.25. The number of hydrogen-bond donors (Lipinski definition) is 3. The van der Waals surface area contributed by atoms with Gasteiger partial charge in [-0.3, -0.25) is 9.59 Å². The Hall–Kier alpha value is -1.95. The first kappa shape index (κ1) is 13.5. The van der Waals surface area contributed by atoms with Crippen molar-refractivity contribution in [2.24, 2.45) is 5.73 Å². The number of hydrogen-bond acceptors (Lipinski definition) is 3. The summed E-state index contributed by atoms with van der Waals surface area (Å²) in [5.74, 6) is -0.153. The Bertz CT molecular complexity index is 520. The van der Waals surface area contributed by atoms with Gasteiger partial charge in [-0.05, 0) is 18.6 Å². The maximum absolute atomic E-state index is 12.1. The molecule has 0 radical (unpaired) electrons. The molecule has 1 atom stereocenters. The van der Waals surface area contributed by atoms with Crippen LogP contribution in [0.1, 0.15) is 28.8 Å². The molecule has 4 N–H and O–H groups in total. The highest BCUT2D eigenvalue weighted by molar-refractivity contribution is 7.80. The van der Waals surface area contributed by atoms with Gasteiger partial charge in [0.05, 0.1) is 0 Å². The van der Waals surface area contributed by atoms with Crippen molar-refractivity contribution in [1.29, 1.82) is 0 Å². The predicted octanol–water partition coefficient (Wildman–Crippen LogP) is 0.329. The van der Waals surface area contributed by atoms with E-state index in [0.29, 0.717) is 30.5 Å². The van der Waals surface area contributed by atoms with Gasteiger partial charge in [0.15, 0.2) is 0 Å². The van der Waals surface area contributed by atoms with Crippen LogP contribution in [0.15, 0.2) is 24.3 Å². The van der Waals surface area contributed by atoms with Crippen molar-refractivity contribution in [2.45, 2.75) is 18.9 Å². The minimum absolute atomic E-state index is 0.0287. The van der Waals surface area contributed by atoms with Crippen molar-refractivity contribution < 1.29 is 9.59 Å². The molecule has 0 bridgehead atoms. The molecule has 0 aliphatic carbocycles. The third kappa shape index (κ3) is 3.51. The lowest BCUT2D eigenvalue weighted by molar-refractivity contribution is -0.122. The lowest BCUT2D eigenvalue weighted by atomic mass is 10.1. The first-order chi connectivity index (χ1) is 9.06. The molecule has 1 saturated heterocycles. The van der Waals surface area contributed by atoms with E-state index < -0.39 is 0 Å². The molecular weight excluding hydrogens is 262 g/mol. The first-order valence-corrected chi connectivity index (χ1v) is 6.44. The summed E-state index contributed by atoms with van der Waals surface area (Å²) in [7, 11) is 0. The highest BCUT2D eigenvalue weighted by atomic mass is 32.1. The molecule has 2 amide bonds. The van der Waals surface area contributed by atoms with Gasteiger partial charge in [-0.15, -0.1) is 0 Å². The molecule has 1 aliphatic heterocycles. The summed E-state index contributed by atoms with van der Waals surface area (Å²) in [5.41, 5.74) is 6.72. The fourth-order valence-electron chi connectivity index (χ4n) is 1.94. The molecule has 1 aromatic carbocycles. The maximum Gasteiger partial charge on any atom is 0.251 e. The zero-order valence-electron chi connectivity index (χ0n) is 10.3. The number of nitrogens with two attached hydrogens (primary N) is 1. The molecule has 1 aliphatic rings. The van der Waals surface area contributed by atoms with Crippen molar-refractivity contribution >= 4 is 29.0 Å². The van der Waals surface area contributed by atoms with Gasteiger partial charge >= 0.3 is 0 Å². The molecule has 100 valence electrons. The number of rotatable bonds is 3. The van der Waals surface area contributed by atoms with E-state index in [-0.39, 0.29) is 22.8 Å². The van der Waals surface area contributed by atoms with Crippen LogP contribution in [0.5, 0.6) is 0 Å². The fourth-order valence-corrected chi connectivity index (χ4v) is 2.07. The van der Waals surface area contributed by atoms with Crippen LogP contribution < -0.4 is 16.4 Å². The molecule has 1 heterocycles. The number of nitrogens with one attached hydrogen (secondary N) is 2. The van der Waals surface area contributed by atoms with Crippen LogP contribution in [-0.4, -0.2) is 29.4 Å². The standard InChI is InChI=1S/C13H15N3O2S/c14-12(19)8-2-1-3-9(6-8)13(18)16-10-4-5-11(17)15-7-10/h1-3,6,10H,4-5,7H2,(H2,14,19)(H,15,17)(H,16,18). The summed E-state index contributed by atoms with van der Waals surface area (Å²) in [4.78, 5) is 23.4. The topological polar surface area (TPSA) is 84.2 Å². The summed E-state index contributed by atoms with van der Waals surface area (Å²) in [6.45, 7) is 0.472. The lowest BCUT2D eigenvalue weighted by Gasteiger charge is -2.23. The molecular formula is C13H15N3O2S. The normalized spacial score (nSPS) is 18.5. The Kier molecular flexibility index (Phi) is 4.11. The summed E-state index contributed by atoms with van der Waals surface area (Å²) in [5, 5.41) is 5.61. The number of benzene rings is 1. The second-order valence-electron chi connectivity index (χ2n) is 4.46. The van der Waals surface area contributed by atoms with E-state index in [0.717, 1.165) is 0 Å². The van der Waals surface area contributed by atoms with Crippen molar-refractivity contribution in [2.75, 3.05) is 6.54 Å². The summed E-state index contributed by atoms with van der Waals surface area (Å²) >= 11 is 4.88. The number of thiocarbonyl (C=S) groups is 1. The smallest absolute Gasteiger partial charge is 0.251 e. The largest absolute Gasteiger partial charge is 0.389 e. The van der Waals surface area contributed by atoms with Crippen LogP contribution >= 0.6 is 12.2 Å². The van der Waals surface area contributed by atoms with Gasteiger partial charge in [0.1, 0.15) is 4.99 Å². The maximum atomic E-state index is 12.1. The molecule has 2 rings (SSSR count). The van der Waals surface area contributed by atoms with Crippen molar-refractivity contribution in [3.8, 4) is 0 Å². The fraction of sp³-hybridized carbons (Fsp3) is 0.308. The Balaban J connectivity index is 2.01. The van der Waals surface area contributed by atoms with Crippen LogP contribution in [0, 0.1) is 0 Å². The van der Waals surface area contributed by atoms with E-state index in [1.54, 1.807) is 24.3 Å². The van der Waals surface area contributed by atoms with Crippen molar-refractivity contribution in [3.63, 3.8) is 0 Å². The van der Waals surface area contributed by atoms with Gasteiger partial charge in [-0.1, -0.05) is 24.4 Å². The Morgan fingerprint density at radius 1 is 1.42 bits per heavy atom. The molecule has 6 heteroatoms. The van der Waals surface area contributed by atoms with Crippen LogP contribution in [0.2, 0.25) is 0 Å². The van der Waals surface area contributed by atoms with E-state index in [9.17, 15) is 9.59 Å². The van der Waals surface area contributed by atoms with Crippen molar-refractivity contribution in [1.82, 2.24) is 10.6 Å². The Labute approximate surface area is 116 Å². The number of piperidine rings is 1. The average Bonchev–Trinajstić information content (AvgIpc) is 2.41. The first-order valence-electron chi connectivity index (χ1n) is 6.03. The molecule has 1 unspecified atom stereocenters. The molecule has 0 aromatic heterocycles. The highest BCUT2D eigenvalue weighted by Gasteiger charge is 2.20. The SMILES string of the molecule is NC(=S)c1cccc(C(=O)NC2CCC(=O)NC2)c1. The zero-order valence-corrected chi connectivity index (χ0v) is 11.1. The van der Waals surface area contributed by atoms with E-state index in [1.807, 2.05) is 0 Å². The summed E-state index contributed by atoms with van der Waals surface area (Å²) < 4.78 is 0. The number of carbonyl (C=O) groups excluding carboxylic acids is 2. The van der Waals surface area contributed by atoms with Gasteiger partial charge < -0.3 is 16.4 Å². The molecule has 1 aromatic rings. The third-order valence-electron chi connectivity index (χ3n) is 3.01. The van der Waals surface area contributed by atoms with Gasteiger partial charge in [0.25, 0.3) is 5.91 Å². The van der Waals surface area contributed by atoms with Crippen LogP contribution in [0.25, 0.3) is 0 Å². The van der Waals surface area contributed by atoms with Crippen LogP contribution in [0.3, 0.4) is 0 Å². The van der Waals surface area contributed by atoms with E-state index in [4.69, 9.17) is 18.0 Å². The van der Waals surface area contributed by atoms with Crippen molar-refractivity contribution in [3.05, 3.63) is 35.4 Å². The number of amides is 2. The Morgan fingerprint density at radius 3 is 2.79 bits per heavy atom. The predicted molar refractivity (Wildman–Crippen MR) is 75.8 cm³/mol. The van der Waals surface area contributed by atoms with E-state index in [2.05, 4.69) is 10.6 Å². The molecule has 19 heavy (non-hydrogen) atoms. The van der Waals surface area contributed by atoms with Gasteiger partial charge in [-0.25, -0.2) is 0 Å². The monoisotopic (exact) mass is 277 g/mol. The highest BCUT2D eigenvalue weighted by Crippen LogP contribution is 2.08. The molecule has 0 saturated carbocycles. The Morgan fingerprint density at radius 2 is 2.16 bits per heavy atom. The second kappa shape index (κ2) is 5.79. The summed E-state index contributed by atoms with van der Waals surface area (Å²) in [6.07, 6.45) is 1.10. The molecule has 1 fully saturated rings. The zero-order chi connectivity index (χ0) is 13.8. The molecule has 0 spiro atoms. The van der Waals surface area contributed by atoms with E-state index >= 15 is 0 Å². The average molecular weight is 277 g/mol. The minimum atomic E-state index is -0.181. The van der Waals surface area contributed by atoms with Gasteiger partial charge in [0.2, 0.25) is 5.91 Å². The second-order valence-corrected chi connectivity index (χ2v) is 4.90. The minimum Gasteiger partial charge on any atom is -0.389 e. The van der Waals surface area contributed by atoms with Crippen LogP contribution in [-0.2, 0) is 4.79 Å². The van der Waals surface area contributed by atoms with Gasteiger partial charge in [0, 0.05) is 30.1 Å². The van der Waals surface area contributed by atoms with E-state index in [1.165, 1.54) is 0 Å². The quantitative estimate of drug-likeness (QED) is 0.695. The number of carbonyl (C=O) groups is 2. The summed E-state index contributed by atoms with van der Waals surface area (Å²) in [6, 6.07) is 6.85. The lowest BCUT2D eigenvalue weighted by Crippen LogP contribution is -2.47.